The van der Waals surface area contributed by atoms with Gasteiger partial charge < -0.3 is 9.55 Å². The van der Waals surface area contributed by atoms with Gasteiger partial charge >= 0.3 is 0 Å². The molecule has 1 aliphatic rings. The van der Waals surface area contributed by atoms with Gasteiger partial charge in [0.1, 0.15) is 27.9 Å². The predicted molar refractivity (Wildman–Crippen MR) is 121 cm³/mol. The van der Waals surface area contributed by atoms with Crippen molar-refractivity contribution in [3.05, 3.63) is 54.2 Å². The van der Waals surface area contributed by atoms with Crippen LogP contribution in [0.25, 0.3) is 16.9 Å². The van der Waals surface area contributed by atoms with E-state index in [-0.39, 0.29) is 5.91 Å². The van der Waals surface area contributed by atoms with Crippen molar-refractivity contribution < 1.29 is 4.79 Å². The van der Waals surface area contributed by atoms with Crippen molar-refractivity contribution in [2.24, 2.45) is 0 Å². The number of imidazole rings is 1. The lowest BCUT2D eigenvalue weighted by Crippen LogP contribution is -2.55. The minimum absolute atomic E-state index is 0.0817. The maximum atomic E-state index is 12.2. The van der Waals surface area contributed by atoms with Gasteiger partial charge in [0.15, 0.2) is 0 Å². The summed E-state index contributed by atoms with van der Waals surface area (Å²) in [5, 5.41) is 2.72. The molecule has 28 heavy (non-hydrogen) atoms. The van der Waals surface area contributed by atoms with Crippen LogP contribution < -0.4 is 9.55 Å². The summed E-state index contributed by atoms with van der Waals surface area (Å²) in [5.74, 6) is 1.02. The molecule has 0 atom stereocenters. The van der Waals surface area contributed by atoms with Gasteiger partial charge in [-0.05, 0) is 24.2 Å². The van der Waals surface area contributed by atoms with Crippen molar-refractivity contribution in [1.29, 1.82) is 0 Å². The van der Waals surface area contributed by atoms with E-state index in [2.05, 4.69) is 64.4 Å². The molecule has 1 aromatic carbocycles. The minimum atomic E-state index is -1.58. The van der Waals surface area contributed by atoms with Gasteiger partial charge in [0, 0.05) is 18.8 Å². The molecular formula is C21H28N4OSi2. The second kappa shape index (κ2) is 6.60. The Kier molecular flexibility index (Phi) is 4.47. The highest BCUT2D eigenvalue weighted by atomic mass is 28.4. The lowest BCUT2D eigenvalue weighted by Gasteiger charge is -2.40. The van der Waals surface area contributed by atoms with Gasteiger partial charge in [-0.2, -0.15) is 0 Å². The first kappa shape index (κ1) is 19.0. The first-order chi connectivity index (χ1) is 13.2. The highest BCUT2D eigenvalue weighted by molar-refractivity contribution is 7.04. The first-order valence-electron chi connectivity index (χ1n) is 9.84. The summed E-state index contributed by atoms with van der Waals surface area (Å²) in [6, 6.07) is 16.9. The molecule has 3 heterocycles. The third kappa shape index (κ3) is 2.98. The Labute approximate surface area is 168 Å². The highest BCUT2D eigenvalue weighted by Crippen LogP contribution is 2.44. The van der Waals surface area contributed by atoms with E-state index in [4.69, 9.17) is 4.98 Å². The van der Waals surface area contributed by atoms with E-state index in [0.717, 1.165) is 22.7 Å². The van der Waals surface area contributed by atoms with Gasteiger partial charge in [-0.3, -0.25) is 9.20 Å². The molecule has 0 bridgehead atoms. The molecule has 1 fully saturated rings. The molecule has 0 saturated carbocycles. The fourth-order valence-corrected chi connectivity index (χ4v) is 18.6. The summed E-state index contributed by atoms with van der Waals surface area (Å²) in [7, 11) is -1.49. The quantitative estimate of drug-likeness (QED) is 0.645. The van der Waals surface area contributed by atoms with Crippen LogP contribution in [0.4, 0.5) is 5.82 Å². The predicted octanol–water partition coefficient (Wildman–Crippen LogP) is 4.59. The van der Waals surface area contributed by atoms with Gasteiger partial charge in [0.2, 0.25) is 0 Å². The number of rotatable bonds is 3. The zero-order valence-corrected chi connectivity index (χ0v) is 19.3. The molecule has 0 radical (unpaired) electrons. The number of anilines is 1. The number of carbonyl (C=O) groups excluding carboxylic acids is 1. The van der Waals surface area contributed by atoms with Crippen LogP contribution in [0.15, 0.2) is 48.7 Å². The molecule has 3 aromatic rings. The number of hydrogen-bond acceptors (Lipinski definition) is 3. The minimum Gasteiger partial charge on any atom is -0.407 e. The molecule has 5 nitrogen and oxygen atoms in total. The lowest BCUT2D eigenvalue weighted by atomic mass is 10.1. The summed E-state index contributed by atoms with van der Waals surface area (Å²) >= 11 is 0. The molecule has 4 rings (SSSR count). The molecule has 146 valence electrons. The van der Waals surface area contributed by atoms with Crippen LogP contribution in [0.3, 0.4) is 0 Å². The van der Waals surface area contributed by atoms with Gasteiger partial charge in [-0.1, -0.05) is 56.5 Å². The summed E-state index contributed by atoms with van der Waals surface area (Å²) in [6.45, 7) is 9.85. The van der Waals surface area contributed by atoms with Crippen molar-refractivity contribution in [1.82, 2.24) is 14.7 Å². The first-order valence-corrected chi connectivity index (χ1v) is 16.2. The highest BCUT2D eigenvalue weighted by Gasteiger charge is 2.49. The Morgan fingerprint density at radius 1 is 1.00 bits per heavy atom. The Balaban J connectivity index is 2.02. The normalized spacial score (nSPS) is 17.8. The number of nitrogens with zero attached hydrogens (tertiary/aromatic N) is 3. The smallest absolute Gasteiger partial charge is 0.252 e. The van der Waals surface area contributed by atoms with Gasteiger partial charge in [0.05, 0.1) is 11.3 Å². The molecule has 1 amide bonds. The number of fused-ring (bicyclic) bond motifs is 1. The third-order valence-electron chi connectivity index (χ3n) is 5.91. The van der Waals surface area contributed by atoms with Crippen molar-refractivity contribution in [2.45, 2.75) is 38.3 Å². The zero-order valence-electron chi connectivity index (χ0n) is 17.3. The van der Waals surface area contributed by atoms with Crippen molar-refractivity contribution in [3.63, 3.8) is 0 Å². The third-order valence-corrected chi connectivity index (χ3v) is 15.8. The van der Waals surface area contributed by atoms with Crippen molar-refractivity contribution in [3.8, 4) is 11.3 Å². The van der Waals surface area contributed by atoms with Crippen LogP contribution in [-0.4, -0.2) is 38.8 Å². The monoisotopic (exact) mass is 408 g/mol. The van der Waals surface area contributed by atoms with Crippen LogP contribution in [-0.2, 0) is 0 Å². The van der Waals surface area contributed by atoms with Crippen molar-refractivity contribution >= 4 is 33.8 Å². The molecule has 0 unspecified atom stereocenters. The molecule has 7 heteroatoms. The molecule has 0 aliphatic carbocycles. The number of amides is 1. The Morgan fingerprint density at radius 3 is 2.25 bits per heavy atom. The Morgan fingerprint density at radius 2 is 1.64 bits per heavy atom. The SMILES string of the molecule is CNC(=O)c1ccc2nc(N3[Si](C)(C)CC[Si]3(C)C)c(-c3ccccc3)n2c1. The van der Waals surface area contributed by atoms with Crippen LogP contribution in [0, 0.1) is 0 Å². The molecule has 1 N–H and O–H groups in total. The average Bonchev–Trinajstić information content (AvgIpc) is 3.13. The largest absolute Gasteiger partial charge is 0.407 e. The van der Waals surface area contributed by atoms with Crippen LogP contribution >= 0.6 is 0 Å². The number of pyridine rings is 1. The fourth-order valence-electron chi connectivity index (χ4n) is 4.56. The van der Waals surface area contributed by atoms with E-state index in [9.17, 15) is 4.79 Å². The fraction of sp³-hybridized carbons (Fsp3) is 0.333. The van der Waals surface area contributed by atoms with E-state index in [0.29, 0.717) is 5.56 Å². The number of hydrogen-bond donors (Lipinski definition) is 1. The van der Waals surface area contributed by atoms with E-state index < -0.39 is 16.5 Å². The number of aromatic nitrogens is 2. The maximum absolute atomic E-state index is 12.2. The summed E-state index contributed by atoms with van der Waals surface area (Å²) < 4.78 is 4.84. The molecule has 0 spiro atoms. The second-order valence-electron chi connectivity index (χ2n) is 8.84. The number of nitrogens with one attached hydrogen (secondary N) is 1. The molecule has 1 saturated heterocycles. The average molecular weight is 409 g/mol. The molecule has 1 aliphatic heterocycles. The standard InChI is InChI=1S/C21H28N4OSi2/c1-22-21(26)17-11-12-18-23-20(25-27(2,3)13-14-28(25,4)5)19(24(18)15-17)16-9-7-6-8-10-16/h6-12,15H,13-14H2,1-5H3,(H,22,26). The van der Waals surface area contributed by atoms with Crippen LogP contribution in [0.2, 0.25) is 38.3 Å². The Hall–Kier alpha value is -2.39. The van der Waals surface area contributed by atoms with E-state index in [1.165, 1.54) is 12.1 Å². The van der Waals surface area contributed by atoms with Crippen LogP contribution in [0.1, 0.15) is 10.4 Å². The summed E-state index contributed by atoms with van der Waals surface area (Å²) in [4.78, 5) is 17.3. The Bertz CT molecular complexity index is 1030. The van der Waals surface area contributed by atoms with Crippen LogP contribution in [0.5, 0.6) is 0 Å². The summed E-state index contributed by atoms with van der Waals surface area (Å²) in [5.41, 5.74) is 3.78. The number of benzene rings is 1. The van der Waals surface area contributed by atoms with E-state index in [1.807, 2.05) is 24.4 Å². The lowest BCUT2D eigenvalue weighted by molar-refractivity contribution is 0.0962. The zero-order chi connectivity index (χ0) is 20.1. The maximum Gasteiger partial charge on any atom is 0.252 e. The van der Waals surface area contributed by atoms with Crippen molar-refractivity contribution in [2.75, 3.05) is 11.3 Å². The molecular weight excluding hydrogens is 380 g/mol. The molecule has 2 aromatic heterocycles. The van der Waals surface area contributed by atoms with Gasteiger partial charge in [-0.15, -0.1) is 0 Å². The summed E-state index contributed by atoms with van der Waals surface area (Å²) in [6.07, 6.45) is 1.92. The second-order valence-corrected chi connectivity index (χ2v) is 18.4. The number of carbonyl (C=O) groups is 1. The topological polar surface area (TPSA) is 49.6 Å². The van der Waals surface area contributed by atoms with E-state index >= 15 is 0 Å². The van der Waals surface area contributed by atoms with Gasteiger partial charge in [-0.25, -0.2) is 4.98 Å². The van der Waals surface area contributed by atoms with E-state index in [1.54, 1.807) is 7.05 Å². The van der Waals surface area contributed by atoms with Gasteiger partial charge in [0.25, 0.3) is 5.91 Å².